The lowest BCUT2D eigenvalue weighted by Crippen LogP contribution is -2.07. The van der Waals surface area contributed by atoms with Crippen LogP contribution < -0.4 is 20.5 Å². The number of rotatable bonds is 4. The van der Waals surface area contributed by atoms with Gasteiger partial charge < -0.3 is 18.9 Å². The molecule has 3 heterocycles. The predicted octanol–water partition coefficient (Wildman–Crippen LogP) is 4.49. The van der Waals surface area contributed by atoms with Gasteiger partial charge in [-0.1, -0.05) is 0 Å². The van der Waals surface area contributed by atoms with Crippen molar-refractivity contribution in [2.45, 2.75) is 26.8 Å². The molecule has 0 aliphatic heterocycles. The maximum Gasteiger partial charge on any atom is 0.274 e. The normalized spacial score (nSPS) is 11.8. The number of nitrogens with one attached hydrogen (secondary N) is 2. The number of aromatic amines is 2. The minimum absolute atomic E-state index is 0.00709. The number of fused-ring (bicyclic) bond motifs is 4. The summed E-state index contributed by atoms with van der Waals surface area (Å²) in [7, 11) is 3.15. The van der Waals surface area contributed by atoms with Gasteiger partial charge in [-0.3, -0.25) is 19.4 Å². The first-order valence-electron chi connectivity index (χ1n) is 10.3. The lowest BCUT2D eigenvalue weighted by Gasteiger charge is -2.13. The van der Waals surface area contributed by atoms with Crippen LogP contribution in [0.25, 0.3) is 44.2 Å². The van der Waals surface area contributed by atoms with Crippen LogP contribution in [-0.4, -0.2) is 29.0 Å². The molecule has 0 bridgehead atoms. The van der Waals surface area contributed by atoms with Crippen molar-refractivity contribution in [1.29, 1.82) is 0 Å². The van der Waals surface area contributed by atoms with Gasteiger partial charge in [-0.15, -0.1) is 0 Å². The van der Waals surface area contributed by atoms with Crippen LogP contribution >= 0.6 is 0 Å². The van der Waals surface area contributed by atoms with Crippen LogP contribution in [0.5, 0.6) is 11.5 Å². The van der Waals surface area contributed by atoms with Gasteiger partial charge in [-0.2, -0.15) is 0 Å². The fourth-order valence-electron chi connectivity index (χ4n) is 4.26. The van der Waals surface area contributed by atoms with Gasteiger partial charge in [0.05, 0.1) is 25.1 Å². The predicted molar refractivity (Wildman–Crippen MR) is 124 cm³/mol. The van der Waals surface area contributed by atoms with Gasteiger partial charge in [0.1, 0.15) is 22.7 Å². The summed E-state index contributed by atoms with van der Waals surface area (Å²) in [6, 6.07) is 8.71. The Bertz CT molecular complexity index is 1630. The molecule has 0 aliphatic carbocycles. The highest BCUT2D eigenvalue weighted by Crippen LogP contribution is 2.43. The summed E-state index contributed by atoms with van der Waals surface area (Å²) in [5.74, 6) is 1.17. The molecule has 5 aromatic rings. The summed E-state index contributed by atoms with van der Waals surface area (Å²) in [5.41, 5.74) is 3.77. The standard InChI is InChI=1S/C24H23N3O5/c1-11(2)27-23-19(24(29)26-27)18(14-7-6-13(30-4)10-17(14)31-5)22-20(25-23)15-8-9-16(28)12(3)21(15)32-22/h6-11,25H,1-5H3,(H,26,29). The van der Waals surface area contributed by atoms with Crippen molar-refractivity contribution in [2.24, 2.45) is 0 Å². The second-order valence-corrected chi connectivity index (χ2v) is 8.07. The number of furan rings is 1. The van der Waals surface area contributed by atoms with Crippen LogP contribution in [0.4, 0.5) is 0 Å². The number of nitrogens with zero attached hydrogens (tertiary/aromatic N) is 1. The molecule has 0 saturated carbocycles. The van der Waals surface area contributed by atoms with Crippen LogP contribution in [0.3, 0.4) is 0 Å². The van der Waals surface area contributed by atoms with Crippen molar-refractivity contribution in [3.63, 3.8) is 0 Å². The van der Waals surface area contributed by atoms with E-state index >= 15 is 0 Å². The molecule has 0 spiro atoms. The molecule has 0 saturated heterocycles. The Labute approximate surface area is 182 Å². The average molecular weight is 433 g/mol. The van der Waals surface area contributed by atoms with Gasteiger partial charge in [0, 0.05) is 34.2 Å². The average Bonchev–Trinajstić information content (AvgIpc) is 3.33. The molecular weight excluding hydrogens is 410 g/mol. The molecule has 0 aliphatic rings. The van der Waals surface area contributed by atoms with E-state index in [-0.39, 0.29) is 17.0 Å². The van der Waals surface area contributed by atoms with E-state index < -0.39 is 0 Å². The van der Waals surface area contributed by atoms with Crippen LogP contribution in [-0.2, 0) is 0 Å². The Morgan fingerprint density at radius 1 is 1.03 bits per heavy atom. The quantitative estimate of drug-likeness (QED) is 0.435. The topological polar surface area (TPSA) is 102 Å². The smallest absolute Gasteiger partial charge is 0.274 e. The zero-order valence-electron chi connectivity index (χ0n) is 18.5. The molecule has 0 amide bonds. The Morgan fingerprint density at radius 2 is 1.81 bits per heavy atom. The molecule has 0 unspecified atom stereocenters. The fraction of sp³-hybridized carbons (Fsp3) is 0.250. The molecule has 32 heavy (non-hydrogen) atoms. The first kappa shape index (κ1) is 20.0. The third-order valence-electron chi connectivity index (χ3n) is 5.90. The molecule has 0 atom stereocenters. The maximum atomic E-state index is 13.1. The molecule has 8 heteroatoms. The largest absolute Gasteiger partial charge is 0.497 e. The second kappa shape index (κ2) is 7.05. The molecular formula is C24H23N3O5. The molecule has 5 rings (SSSR count). The highest BCUT2D eigenvalue weighted by molar-refractivity contribution is 6.15. The van der Waals surface area contributed by atoms with Gasteiger partial charge >= 0.3 is 0 Å². The minimum Gasteiger partial charge on any atom is -0.497 e. The summed E-state index contributed by atoms with van der Waals surface area (Å²) in [6.45, 7) is 5.71. The molecule has 2 N–H and O–H groups in total. The van der Waals surface area contributed by atoms with Crippen LogP contribution in [0.2, 0.25) is 0 Å². The summed E-state index contributed by atoms with van der Waals surface area (Å²) in [4.78, 5) is 28.8. The highest BCUT2D eigenvalue weighted by Gasteiger charge is 2.25. The van der Waals surface area contributed by atoms with E-state index in [1.54, 1.807) is 38.0 Å². The van der Waals surface area contributed by atoms with E-state index in [9.17, 15) is 9.59 Å². The number of methoxy groups -OCH3 is 2. The van der Waals surface area contributed by atoms with E-state index in [2.05, 4.69) is 10.1 Å². The van der Waals surface area contributed by atoms with Crippen LogP contribution in [0, 0.1) is 6.92 Å². The first-order chi connectivity index (χ1) is 15.3. The van der Waals surface area contributed by atoms with E-state index in [0.29, 0.717) is 55.9 Å². The number of hydrogen-bond donors (Lipinski definition) is 2. The molecule has 0 radical (unpaired) electrons. The number of ether oxygens (including phenoxy) is 2. The lowest BCUT2D eigenvalue weighted by atomic mass is 10.0. The van der Waals surface area contributed by atoms with Crippen molar-refractivity contribution < 1.29 is 13.9 Å². The van der Waals surface area contributed by atoms with Crippen molar-refractivity contribution in [2.75, 3.05) is 14.2 Å². The molecule has 8 nitrogen and oxygen atoms in total. The Balaban J connectivity index is 2.05. The Morgan fingerprint density at radius 3 is 2.50 bits per heavy atom. The monoisotopic (exact) mass is 433 g/mol. The first-order valence-corrected chi connectivity index (χ1v) is 10.3. The highest BCUT2D eigenvalue weighted by atomic mass is 16.5. The molecule has 0 fully saturated rings. The third-order valence-corrected chi connectivity index (χ3v) is 5.90. The number of pyridine rings is 1. The van der Waals surface area contributed by atoms with Gasteiger partial charge in [0.15, 0.2) is 11.0 Å². The molecule has 164 valence electrons. The number of H-pyrrole nitrogens is 2. The van der Waals surface area contributed by atoms with Crippen molar-refractivity contribution in [1.82, 2.24) is 14.8 Å². The van der Waals surface area contributed by atoms with Gasteiger partial charge in [0.25, 0.3) is 5.56 Å². The van der Waals surface area contributed by atoms with E-state index in [0.717, 1.165) is 5.39 Å². The van der Waals surface area contributed by atoms with Gasteiger partial charge in [-0.05, 0) is 45.0 Å². The molecule has 2 aromatic carbocycles. The lowest BCUT2D eigenvalue weighted by molar-refractivity contribution is 0.395. The number of aryl methyl sites for hydroxylation is 1. The summed E-state index contributed by atoms with van der Waals surface area (Å²) < 4.78 is 19.0. The third kappa shape index (κ3) is 2.69. The van der Waals surface area contributed by atoms with Gasteiger partial charge in [-0.25, -0.2) is 0 Å². The Hall–Kier alpha value is -3.94. The maximum absolute atomic E-state index is 13.1. The van der Waals surface area contributed by atoms with Crippen molar-refractivity contribution in [3.05, 3.63) is 56.5 Å². The zero-order chi connectivity index (χ0) is 22.7. The summed E-state index contributed by atoms with van der Waals surface area (Å²) in [6.07, 6.45) is 0. The minimum atomic E-state index is -0.249. The summed E-state index contributed by atoms with van der Waals surface area (Å²) >= 11 is 0. The number of hydrogen-bond acceptors (Lipinski definition) is 5. The second-order valence-electron chi connectivity index (χ2n) is 8.07. The van der Waals surface area contributed by atoms with Gasteiger partial charge in [0.2, 0.25) is 0 Å². The van der Waals surface area contributed by atoms with Crippen LogP contribution in [0.15, 0.2) is 44.3 Å². The fourth-order valence-corrected chi connectivity index (χ4v) is 4.26. The van der Waals surface area contributed by atoms with E-state index in [1.165, 1.54) is 6.07 Å². The number of aromatic nitrogens is 3. The molecule has 3 aromatic heterocycles. The summed E-state index contributed by atoms with van der Waals surface area (Å²) in [5, 5.41) is 4.16. The Kier molecular flexibility index (Phi) is 4.40. The SMILES string of the molecule is COc1ccc(-c2c3oc4c(C)c(=O)ccc4c3[nH]c3c2c(=O)[nH]n3C(C)C)c(OC)c1. The van der Waals surface area contributed by atoms with E-state index in [1.807, 2.05) is 26.0 Å². The van der Waals surface area contributed by atoms with Crippen molar-refractivity contribution in [3.8, 4) is 22.6 Å². The van der Waals surface area contributed by atoms with E-state index in [4.69, 9.17) is 13.9 Å². The zero-order valence-corrected chi connectivity index (χ0v) is 18.5. The van der Waals surface area contributed by atoms with Crippen molar-refractivity contribution >= 4 is 33.1 Å². The van der Waals surface area contributed by atoms with Crippen LogP contribution in [0.1, 0.15) is 25.5 Å². The number of benzene rings is 2.